The zero-order chi connectivity index (χ0) is 18.4. The number of nitro benzene ring substituents is 2. The van der Waals surface area contributed by atoms with Crippen LogP contribution in [0.3, 0.4) is 0 Å². The van der Waals surface area contributed by atoms with Gasteiger partial charge in [-0.05, 0) is 13.0 Å². The van der Waals surface area contributed by atoms with Crippen molar-refractivity contribution < 1.29 is 15.0 Å². The molecule has 11 heteroatoms. The maximum absolute atomic E-state index is 11.1. The summed E-state index contributed by atoms with van der Waals surface area (Å²) in [6, 6.07) is 3.36. The molecule has 0 aromatic heterocycles. The zero-order valence-electron chi connectivity index (χ0n) is 13.8. The number of aliphatic hydroxyl groups is 1. The normalized spacial score (nSPS) is 15.9. The van der Waals surface area contributed by atoms with E-state index >= 15 is 0 Å². The number of hydrogen-bond acceptors (Lipinski definition) is 8. The Bertz CT molecular complexity index is 672. The van der Waals surface area contributed by atoms with Crippen molar-refractivity contribution in [3.05, 3.63) is 38.4 Å². The minimum Gasteiger partial charge on any atom is -0.395 e. The maximum atomic E-state index is 11.1. The van der Waals surface area contributed by atoms with Crippen LogP contribution in [-0.4, -0.2) is 69.9 Å². The molecule has 2 N–H and O–H groups in total. The Balaban J connectivity index is 2.05. The van der Waals surface area contributed by atoms with Gasteiger partial charge >= 0.3 is 5.69 Å². The topological polar surface area (TPSA) is 137 Å². The van der Waals surface area contributed by atoms with Crippen LogP contribution in [0, 0.1) is 20.2 Å². The quantitative estimate of drug-likeness (QED) is 0.333. The van der Waals surface area contributed by atoms with Crippen molar-refractivity contribution in [2.45, 2.75) is 6.92 Å². The molecule has 25 heavy (non-hydrogen) atoms. The number of nitrogens with zero attached hydrogens (tertiary/aromatic N) is 5. The molecule has 0 bridgehead atoms. The summed E-state index contributed by atoms with van der Waals surface area (Å²) in [5.41, 5.74) is 1.96. The van der Waals surface area contributed by atoms with E-state index in [1.165, 1.54) is 12.1 Å². The Morgan fingerprint density at radius 1 is 1.24 bits per heavy atom. The highest BCUT2D eigenvalue weighted by Crippen LogP contribution is 2.28. The Hall–Kier alpha value is -2.79. The lowest BCUT2D eigenvalue weighted by Gasteiger charge is -2.35. The first kappa shape index (κ1) is 18.5. The Morgan fingerprint density at radius 2 is 1.92 bits per heavy atom. The molecule has 0 radical (unpaired) electrons. The number of piperazine rings is 1. The summed E-state index contributed by atoms with van der Waals surface area (Å²) in [6.07, 6.45) is 0. The molecule has 1 saturated heterocycles. The number of nitrogens with one attached hydrogen (secondary N) is 1. The highest BCUT2D eigenvalue weighted by Gasteiger charge is 2.20. The zero-order valence-corrected chi connectivity index (χ0v) is 13.8. The van der Waals surface area contributed by atoms with E-state index in [2.05, 4.69) is 15.4 Å². The van der Waals surface area contributed by atoms with Crippen molar-refractivity contribution in [1.82, 2.24) is 9.80 Å². The van der Waals surface area contributed by atoms with Crippen LogP contribution in [0.25, 0.3) is 0 Å². The van der Waals surface area contributed by atoms with Gasteiger partial charge in [-0.15, -0.1) is 0 Å². The van der Waals surface area contributed by atoms with Gasteiger partial charge in [-0.3, -0.25) is 30.6 Å². The van der Waals surface area contributed by atoms with Crippen LogP contribution in [-0.2, 0) is 0 Å². The molecule has 1 heterocycles. The second-order valence-corrected chi connectivity index (χ2v) is 5.54. The number of hydrogen-bond donors (Lipinski definition) is 2. The Morgan fingerprint density at radius 3 is 2.48 bits per heavy atom. The summed E-state index contributed by atoms with van der Waals surface area (Å²) in [7, 11) is 0. The van der Waals surface area contributed by atoms with Gasteiger partial charge in [0.1, 0.15) is 11.5 Å². The average molecular weight is 352 g/mol. The van der Waals surface area contributed by atoms with Crippen molar-refractivity contribution in [2.75, 3.05) is 44.8 Å². The Labute approximate surface area is 143 Å². The van der Waals surface area contributed by atoms with Gasteiger partial charge in [-0.25, -0.2) is 0 Å². The van der Waals surface area contributed by atoms with E-state index < -0.39 is 15.5 Å². The van der Waals surface area contributed by atoms with E-state index in [0.717, 1.165) is 32.2 Å². The number of β-amino-alcohol motifs (C(OH)–C–C–N with tert-alkyl or cyclic N) is 1. The maximum Gasteiger partial charge on any atom is 0.301 e. The van der Waals surface area contributed by atoms with Crippen LogP contribution < -0.4 is 5.43 Å². The van der Waals surface area contributed by atoms with Gasteiger partial charge in [-0.1, -0.05) is 0 Å². The van der Waals surface area contributed by atoms with E-state index in [4.69, 9.17) is 5.11 Å². The summed E-state index contributed by atoms with van der Waals surface area (Å²) in [6.45, 7) is 5.61. The molecule has 11 nitrogen and oxygen atoms in total. The van der Waals surface area contributed by atoms with Crippen LogP contribution >= 0.6 is 0 Å². The molecule has 1 fully saturated rings. The molecule has 1 aliphatic heterocycles. The first-order valence-electron chi connectivity index (χ1n) is 7.73. The molecule has 1 aromatic carbocycles. The first-order valence-corrected chi connectivity index (χ1v) is 7.73. The predicted molar refractivity (Wildman–Crippen MR) is 91.6 cm³/mol. The molecule has 136 valence electrons. The summed E-state index contributed by atoms with van der Waals surface area (Å²) in [4.78, 5) is 24.6. The predicted octanol–water partition coefficient (Wildman–Crippen LogP) is 0.858. The second-order valence-electron chi connectivity index (χ2n) is 5.54. The van der Waals surface area contributed by atoms with Gasteiger partial charge in [0, 0.05) is 38.8 Å². The van der Waals surface area contributed by atoms with E-state index in [1.54, 1.807) is 6.92 Å². The van der Waals surface area contributed by atoms with E-state index in [9.17, 15) is 20.2 Å². The monoisotopic (exact) mass is 352 g/mol. The van der Waals surface area contributed by atoms with E-state index in [0.29, 0.717) is 12.4 Å². The van der Waals surface area contributed by atoms with E-state index in [1.807, 2.05) is 4.90 Å². The third kappa shape index (κ3) is 4.84. The van der Waals surface area contributed by atoms with Gasteiger partial charge < -0.3 is 10.0 Å². The number of benzene rings is 1. The molecule has 2 rings (SSSR count). The van der Waals surface area contributed by atoms with Crippen LogP contribution in [0.5, 0.6) is 0 Å². The number of amidine groups is 1. The summed E-state index contributed by atoms with van der Waals surface area (Å²) >= 11 is 0. The second kappa shape index (κ2) is 8.35. The smallest absolute Gasteiger partial charge is 0.301 e. The molecule has 0 spiro atoms. The number of hydrazone groups is 1. The lowest BCUT2D eigenvalue weighted by molar-refractivity contribution is -0.393. The van der Waals surface area contributed by atoms with Gasteiger partial charge in [0.05, 0.1) is 22.5 Å². The lowest BCUT2D eigenvalue weighted by Crippen LogP contribution is -2.48. The summed E-state index contributed by atoms with van der Waals surface area (Å²) in [5.74, 6) is 0.663. The highest BCUT2D eigenvalue weighted by molar-refractivity contribution is 5.81. The van der Waals surface area contributed by atoms with Crippen LogP contribution in [0.2, 0.25) is 0 Å². The SMILES string of the molecule is CC(=NNc1ccc([N+](=O)[O-])cc1[N+](=O)[O-])N1CCN(CCO)CC1. The number of rotatable bonds is 6. The summed E-state index contributed by atoms with van der Waals surface area (Å²) < 4.78 is 0. The van der Waals surface area contributed by atoms with Crippen molar-refractivity contribution in [2.24, 2.45) is 5.10 Å². The molecule has 1 aliphatic rings. The highest BCUT2D eigenvalue weighted by atomic mass is 16.6. The fourth-order valence-electron chi connectivity index (χ4n) is 2.53. The summed E-state index contributed by atoms with van der Waals surface area (Å²) in [5, 5.41) is 34.9. The van der Waals surface area contributed by atoms with Crippen LogP contribution in [0.15, 0.2) is 23.3 Å². The molecular formula is C14H20N6O5. The number of aliphatic hydroxyl groups excluding tert-OH is 1. The molecule has 0 unspecified atom stereocenters. The molecule has 0 atom stereocenters. The molecular weight excluding hydrogens is 332 g/mol. The number of anilines is 1. The van der Waals surface area contributed by atoms with Crippen LogP contribution in [0.1, 0.15) is 6.92 Å². The number of non-ortho nitro benzene ring substituents is 1. The minimum absolute atomic E-state index is 0.0915. The van der Waals surface area contributed by atoms with Gasteiger partial charge in [0.25, 0.3) is 5.69 Å². The standard InChI is InChI=1S/C14H20N6O5/c1-11(18-6-4-17(5-7-18)8-9-21)15-16-13-3-2-12(19(22)23)10-14(13)20(24)25/h2-3,10,16,21H,4-9H2,1H3. The van der Waals surface area contributed by atoms with Gasteiger partial charge in [-0.2, -0.15) is 5.10 Å². The van der Waals surface area contributed by atoms with Gasteiger partial charge in [0.2, 0.25) is 0 Å². The van der Waals surface area contributed by atoms with Crippen LogP contribution in [0.4, 0.5) is 17.1 Å². The van der Waals surface area contributed by atoms with Crippen molar-refractivity contribution in [3.63, 3.8) is 0 Å². The fraction of sp³-hybridized carbons (Fsp3) is 0.500. The Kier molecular flexibility index (Phi) is 6.19. The fourth-order valence-corrected chi connectivity index (χ4v) is 2.53. The molecule has 0 aliphatic carbocycles. The van der Waals surface area contributed by atoms with Gasteiger partial charge in [0.15, 0.2) is 0 Å². The van der Waals surface area contributed by atoms with Crippen molar-refractivity contribution in [1.29, 1.82) is 0 Å². The number of nitro groups is 2. The largest absolute Gasteiger partial charge is 0.395 e. The van der Waals surface area contributed by atoms with Crippen molar-refractivity contribution in [3.8, 4) is 0 Å². The third-order valence-corrected chi connectivity index (χ3v) is 3.97. The van der Waals surface area contributed by atoms with Crippen molar-refractivity contribution >= 4 is 22.9 Å². The minimum atomic E-state index is -0.687. The first-order chi connectivity index (χ1) is 11.9. The molecule has 0 amide bonds. The third-order valence-electron chi connectivity index (χ3n) is 3.97. The molecule has 1 aromatic rings. The lowest BCUT2D eigenvalue weighted by atomic mass is 10.2. The molecule has 0 saturated carbocycles. The van der Waals surface area contributed by atoms with E-state index in [-0.39, 0.29) is 18.0 Å². The average Bonchev–Trinajstić information content (AvgIpc) is 2.60.